The molecule has 0 radical (unpaired) electrons. The summed E-state index contributed by atoms with van der Waals surface area (Å²) in [6, 6.07) is 8.01. The van der Waals surface area contributed by atoms with Crippen LogP contribution in [-0.2, 0) is 0 Å². The molecule has 0 bridgehead atoms. The Bertz CT molecular complexity index is 709. The van der Waals surface area contributed by atoms with Gasteiger partial charge in [-0.05, 0) is 30.3 Å². The third-order valence-electron chi connectivity index (χ3n) is 2.52. The van der Waals surface area contributed by atoms with Crippen molar-refractivity contribution in [3.05, 3.63) is 48.5 Å². The largest absolute Gasteiger partial charge is 0.368 e. The zero-order valence-corrected chi connectivity index (χ0v) is 10.6. The van der Waals surface area contributed by atoms with Crippen LogP contribution in [0.3, 0.4) is 0 Å². The Labute approximate surface area is 112 Å². The summed E-state index contributed by atoms with van der Waals surface area (Å²) >= 11 is 1.47. The van der Waals surface area contributed by atoms with E-state index in [1.807, 2.05) is 0 Å². The number of nitrogen functional groups attached to an aromatic ring is 1. The van der Waals surface area contributed by atoms with Gasteiger partial charge in [0.2, 0.25) is 5.95 Å². The molecule has 0 atom stereocenters. The fraction of sp³-hybridized carbons (Fsp3) is 0. The van der Waals surface area contributed by atoms with E-state index in [2.05, 4.69) is 15.0 Å². The Kier molecular flexibility index (Phi) is 2.92. The zero-order chi connectivity index (χ0) is 13.2. The van der Waals surface area contributed by atoms with Gasteiger partial charge < -0.3 is 5.73 Å². The lowest BCUT2D eigenvalue weighted by molar-refractivity contribution is 0.628. The quantitative estimate of drug-likeness (QED) is 0.779. The predicted octanol–water partition coefficient (Wildman–Crippen LogP) is 2.99. The molecule has 6 heteroatoms. The van der Waals surface area contributed by atoms with E-state index < -0.39 is 0 Å². The molecule has 0 aliphatic carbocycles. The molecular weight excluding hydrogens is 263 g/mol. The minimum absolute atomic E-state index is 0.231. The molecule has 1 aromatic carbocycles. The van der Waals surface area contributed by atoms with Crippen LogP contribution in [0.2, 0.25) is 0 Å². The second kappa shape index (κ2) is 4.74. The molecule has 2 heterocycles. The maximum atomic E-state index is 12.9. The van der Waals surface area contributed by atoms with E-state index in [4.69, 9.17) is 5.73 Å². The topological polar surface area (TPSA) is 64.7 Å². The lowest BCUT2D eigenvalue weighted by Crippen LogP contribution is -1.93. The number of aromatic nitrogens is 3. The fourth-order valence-electron chi connectivity index (χ4n) is 1.63. The second-order valence-corrected chi connectivity index (χ2v) is 4.87. The first-order valence-corrected chi connectivity index (χ1v) is 6.35. The first-order valence-electron chi connectivity index (χ1n) is 5.53. The van der Waals surface area contributed by atoms with Crippen molar-refractivity contribution >= 4 is 17.3 Å². The van der Waals surface area contributed by atoms with Gasteiger partial charge in [0.05, 0.1) is 10.6 Å². The molecule has 0 aliphatic rings. The molecule has 0 amide bonds. The lowest BCUT2D eigenvalue weighted by Gasteiger charge is -1.96. The maximum Gasteiger partial charge on any atom is 0.220 e. The standard InChI is InChI=1S/C13H9FN4S/c14-9-3-1-8(2-4-9)12-17-7-11(19-12)10-5-6-16-13(15)18-10/h1-7H,(H2,15,16,18). The molecule has 0 spiro atoms. The van der Waals surface area contributed by atoms with Crippen LogP contribution in [-0.4, -0.2) is 15.0 Å². The van der Waals surface area contributed by atoms with Gasteiger partial charge in [-0.3, -0.25) is 0 Å². The molecule has 0 aliphatic heterocycles. The van der Waals surface area contributed by atoms with Crippen molar-refractivity contribution in [2.24, 2.45) is 0 Å². The monoisotopic (exact) mass is 272 g/mol. The molecule has 94 valence electrons. The highest BCUT2D eigenvalue weighted by Gasteiger charge is 2.08. The van der Waals surface area contributed by atoms with Crippen molar-refractivity contribution in [3.63, 3.8) is 0 Å². The first-order chi connectivity index (χ1) is 9.22. The molecule has 2 N–H and O–H groups in total. The lowest BCUT2D eigenvalue weighted by atomic mass is 10.2. The van der Waals surface area contributed by atoms with Crippen LogP contribution in [0.5, 0.6) is 0 Å². The number of nitrogens with two attached hydrogens (primary N) is 1. The number of halogens is 1. The normalized spacial score (nSPS) is 10.6. The van der Waals surface area contributed by atoms with E-state index in [9.17, 15) is 4.39 Å². The number of rotatable bonds is 2. The highest BCUT2D eigenvalue weighted by Crippen LogP contribution is 2.31. The van der Waals surface area contributed by atoms with E-state index >= 15 is 0 Å². The molecule has 3 aromatic rings. The van der Waals surface area contributed by atoms with Crippen LogP contribution in [0.4, 0.5) is 10.3 Å². The van der Waals surface area contributed by atoms with Gasteiger partial charge >= 0.3 is 0 Å². The summed E-state index contributed by atoms with van der Waals surface area (Å²) in [5, 5.41) is 0.812. The van der Waals surface area contributed by atoms with Gasteiger partial charge in [-0.15, -0.1) is 11.3 Å². The Morgan fingerprint density at radius 2 is 1.84 bits per heavy atom. The van der Waals surface area contributed by atoms with Gasteiger partial charge in [-0.1, -0.05) is 0 Å². The number of thiazole rings is 1. The molecule has 0 saturated heterocycles. The molecule has 4 nitrogen and oxygen atoms in total. The predicted molar refractivity (Wildman–Crippen MR) is 72.9 cm³/mol. The fourth-order valence-corrected chi connectivity index (χ4v) is 2.52. The summed E-state index contributed by atoms with van der Waals surface area (Å²) in [6.45, 7) is 0. The molecule has 19 heavy (non-hydrogen) atoms. The molecule has 2 aromatic heterocycles. The van der Waals surface area contributed by atoms with Crippen LogP contribution >= 0.6 is 11.3 Å². The third kappa shape index (κ3) is 2.43. The summed E-state index contributed by atoms with van der Waals surface area (Å²) in [5.74, 6) is -0.0293. The Morgan fingerprint density at radius 1 is 1.05 bits per heavy atom. The SMILES string of the molecule is Nc1nccc(-c2cnc(-c3ccc(F)cc3)s2)n1. The summed E-state index contributed by atoms with van der Waals surface area (Å²) in [6.07, 6.45) is 3.33. The Hall–Kier alpha value is -2.34. The Balaban J connectivity index is 1.97. The van der Waals surface area contributed by atoms with Gasteiger partial charge in [0.15, 0.2) is 0 Å². The van der Waals surface area contributed by atoms with Crippen LogP contribution in [0, 0.1) is 5.82 Å². The first kappa shape index (κ1) is 11.7. The maximum absolute atomic E-state index is 12.9. The van der Waals surface area contributed by atoms with Crippen molar-refractivity contribution in [2.75, 3.05) is 5.73 Å². The van der Waals surface area contributed by atoms with Crippen molar-refractivity contribution < 1.29 is 4.39 Å². The van der Waals surface area contributed by atoms with Gasteiger partial charge in [0.1, 0.15) is 10.8 Å². The summed E-state index contributed by atoms with van der Waals surface area (Å²) in [4.78, 5) is 13.2. The van der Waals surface area contributed by atoms with E-state index in [-0.39, 0.29) is 11.8 Å². The number of hydrogen-bond acceptors (Lipinski definition) is 5. The average molecular weight is 272 g/mol. The zero-order valence-electron chi connectivity index (χ0n) is 9.75. The molecule has 0 fully saturated rings. The second-order valence-electron chi connectivity index (χ2n) is 3.84. The highest BCUT2D eigenvalue weighted by atomic mass is 32.1. The Morgan fingerprint density at radius 3 is 2.58 bits per heavy atom. The van der Waals surface area contributed by atoms with Crippen molar-refractivity contribution in [2.45, 2.75) is 0 Å². The molecular formula is C13H9FN4S. The molecule has 0 saturated carbocycles. The van der Waals surface area contributed by atoms with E-state index in [0.29, 0.717) is 0 Å². The van der Waals surface area contributed by atoms with Crippen molar-refractivity contribution in [3.8, 4) is 21.1 Å². The van der Waals surface area contributed by atoms with Crippen LogP contribution < -0.4 is 5.73 Å². The van der Waals surface area contributed by atoms with Crippen molar-refractivity contribution in [1.82, 2.24) is 15.0 Å². The number of benzene rings is 1. The van der Waals surface area contributed by atoms with E-state index in [1.165, 1.54) is 23.5 Å². The van der Waals surface area contributed by atoms with Crippen LogP contribution in [0.25, 0.3) is 21.1 Å². The highest BCUT2D eigenvalue weighted by molar-refractivity contribution is 7.18. The number of nitrogens with zero attached hydrogens (tertiary/aromatic N) is 3. The number of hydrogen-bond donors (Lipinski definition) is 1. The van der Waals surface area contributed by atoms with E-state index in [1.54, 1.807) is 30.6 Å². The minimum Gasteiger partial charge on any atom is -0.368 e. The van der Waals surface area contributed by atoms with Gasteiger partial charge in [-0.2, -0.15) is 0 Å². The third-order valence-corrected chi connectivity index (χ3v) is 3.59. The summed E-state index contributed by atoms with van der Waals surface area (Å²) in [7, 11) is 0. The van der Waals surface area contributed by atoms with Gasteiger partial charge in [-0.25, -0.2) is 19.3 Å². The summed E-state index contributed by atoms with van der Waals surface area (Å²) in [5.41, 5.74) is 7.16. The van der Waals surface area contributed by atoms with Gasteiger partial charge in [0.25, 0.3) is 0 Å². The average Bonchev–Trinajstić information content (AvgIpc) is 2.89. The molecule has 0 unspecified atom stereocenters. The minimum atomic E-state index is -0.260. The van der Waals surface area contributed by atoms with Crippen molar-refractivity contribution in [1.29, 1.82) is 0 Å². The number of anilines is 1. The smallest absolute Gasteiger partial charge is 0.220 e. The summed E-state index contributed by atoms with van der Waals surface area (Å²) < 4.78 is 12.9. The van der Waals surface area contributed by atoms with Crippen LogP contribution in [0.15, 0.2) is 42.7 Å². The van der Waals surface area contributed by atoms with Crippen LogP contribution in [0.1, 0.15) is 0 Å². The molecule has 3 rings (SSSR count). The van der Waals surface area contributed by atoms with E-state index in [0.717, 1.165) is 21.1 Å². The van der Waals surface area contributed by atoms with Gasteiger partial charge in [0, 0.05) is 18.0 Å².